The number of quaternary nitrogens is 1. The summed E-state index contributed by atoms with van der Waals surface area (Å²) in [5.74, 6) is 0. The van der Waals surface area contributed by atoms with Crippen LogP contribution in [-0.2, 0) is 0 Å². The van der Waals surface area contributed by atoms with E-state index < -0.39 is 0 Å². The summed E-state index contributed by atoms with van der Waals surface area (Å²) >= 11 is 0. The van der Waals surface area contributed by atoms with Gasteiger partial charge in [-0.3, -0.25) is 4.48 Å². The van der Waals surface area contributed by atoms with Crippen LogP contribution in [0.1, 0.15) is 39.5 Å². The third-order valence-electron chi connectivity index (χ3n) is 2.78. The van der Waals surface area contributed by atoms with E-state index in [2.05, 4.69) is 26.1 Å². The van der Waals surface area contributed by atoms with E-state index in [0.29, 0.717) is 0 Å². The molecule has 0 amide bonds. The number of allylic oxidation sites excluding steroid dienone is 1. The lowest BCUT2D eigenvalue weighted by Crippen LogP contribution is -2.40. The van der Waals surface area contributed by atoms with E-state index in [1.807, 2.05) is 0 Å². The molecule has 12 heavy (non-hydrogen) atoms. The molecule has 1 aliphatic heterocycles. The molecule has 1 nitrogen and oxygen atoms in total. The van der Waals surface area contributed by atoms with Gasteiger partial charge in [0.25, 0.3) is 0 Å². The summed E-state index contributed by atoms with van der Waals surface area (Å²) in [6.45, 7) is 8.61. The molecule has 1 heterocycles. The van der Waals surface area contributed by atoms with Crippen LogP contribution >= 0.6 is 0 Å². The molecule has 0 aromatic rings. The fourth-order valence-corrected chi connectivity index (χ4v) is 2.19. The van der Waals surface area contributed by atoms with Crippen LogP contribution in [-0.4, -0.2) is 24.1 Å². The lowest BCUT2D eigenvalue weighted by atomic mass is 10.3. The number of likely N-dealkylation sites (tertiary alicyclic amines) is 1. The maximum absolute atomic E-state index is 2.44. The molecule has 0 aliphatic carbocycles. The van der Waals surface area contributed by atoms with Crippen LogP contribution in [0.3, 0.4) is 0 Å². The largest absolute Gasteiger partial charge is 0.298 e. The molecule has 0 aromatic heterocycles. The highest BCUT2D eigenvalue weighted by Crippen LogP contribution is 2.20. The summed E-state index contributed by atoms with van der Waals surface area (Å²) < 4.78 is 1.27. The second-order valence-corrected chi connectivity index (χ2v) is 3.89. The Hall–Kier alpha value is -0.300. The molecule has 0 aromatic carbocycles. The SMILES string of the molecule is CCC=C[N+]1(CCC)CCCC1. The zero-order valence-electron chi connectivity index (χ0n) is 8.55. The van der Waals surface area contributed by atoms with Crippen LogP contribution in [0.2, 0.25) is 0 Å². The van der Waals surface area contributed by atoms with Crippen molar-refractivity contribution in [2.75, 3.05) is 19.6 Å². The number of nitrogens with zero attached hydrogens (tertiary/aromatic N) is 1. The van der Waals surface area contributed by atoms with E-state index in [4.69, 9.17) is 0 Å². The highest BCUT2D eigenvalue weighted by molar-refractivity contribution is 4.75. The summed E-state index contributed by atoms with van der Waals surface area (Å²) in [5.41, 5.74) is 0. The van der Waals surface area contributed by atoms with Crippen LogP contribution < -0.4 is 0 Å². The van der Waals surface area contributed by atoms with Gasteiger partial charge >= 0.3 is 0 Å². The molecular formula is C11H22N+. The van der Waals surface area contributed by atoms with Gasteiger partial charge in [0.1, 0.15) is 0 Å². The number of hydrogen-bond acceptors (Lipinski definition) is 0. The maximum Gasteiger partial charge on any atom is 0.0918 e. The first-order valence-electron chi connectivity index (χ1n) is 5.36. The molecule has 1 aliphatic rings. The molecule has 0 spiro atoms. The van der Waals surface area contributed by atoms with Crippen molar-refractivity contribution < 1.29 is 4.48 Å². The van der Waals surface area contributed by atoms with Gasteiger partial charge in [-0.15, -0.1) is 0 Å². The first-order valence-corrected chi connectivity index (χ1v) is 5.36. The van der Waals surface area contributed by atoms with Gasteiger partial charge in [-0.25, -0.2) is 0 Å². The summed E-state index contributed by atoms with van der Waals surface area (Å²) in [7, 11) is 0. The average molecular weight is 168 g/mol. The van der Waals surface area contributed by atoms with E-state index in [-0.39, 0.29) is 0 Å². The molecule has 0 unspecified atom stereocenters. The Labute approximate surface area is 76.7 Å². The molecule has 0 radical (unpaired) electrons. The van der Waals surface area contributed by atoms with Crippen molar-refractivity contribution >= 4 is 0 Å². The molecule has 0 bridgehead atoms. The Morgan fingerprint density at radius 2 is 1.83 bits per heavy atom. The molecule has 70 valence electrons. The number of rotatable bonds is 4. The first kappa shape index (κ1) is 9.79. The molecule has 1 heteroatoms. The second kappa shape index (κ2) is 4.66. The van der Waals surface area contributed by atoms with Crippen molar-refractivity contribution in [1.29, 1.82) is 0 Å². The normalized spacial score (nSPS) is 22.2. The summed E-state index contributed by atoms with van der Waals surface area (Å²) in [6.07, 6.45) is 10.1. The van der Waals surface area contributed by atoms with Gasteiger partial charge in [0.2, 0.25) is 0 Å². The maximum atomic E-state index is 2.44. The quantitative estimate of drug-likeness (QED) is 0.566. The molecule has 1 rings (SSSR count). The topological polar surface area (TPSA) is 0 Å². The Morgan fingerprint density at radius 3 is 2.33 bits per heavy atom. The van der Waals surface area contributed by atoms with Crippen molar-refractivity contribution in [2.45, 2.75) is 39.5 Å². The molecule has 1 saturated heterocycles. The Bertz CT molecular complexity index is 143. The van der Waals surface area contributed by atoms with Gasteiger partial charge in [0.05, 0.1) is 25.8 Å². The molecule has 1 fully saturated rings. The molecular weight excluding hydrogens is 146 g/mol. The van der Waals surface area contributed by atoms with Crippen molar-refractivity contribution in [2.24, 2.45) is 0 Å². The number of hydrogen-bond donors (Lipinski definition) is 0. The minimum Gasteiger partial charge on any atom is -0.298 e. The highest BCUT2D eigenvalue weighted by Gasteiger charge is 2.27. The summed E-state index contributed by atoms with van der Waals surface area (Å²) in [4.78, 5) is 0. The van der Waals surface area contributed by atoms with Gasteiger partial charge in [-0.05, 0) is 18.9 Å². The van der Waals surface area contributed by atoms with E-state index in [0.717, 1.165) is 0 Å². The molecule has 0 atom stereocenters. The molecule has 0 saturated carbocycles. The Morgan fingerprint density at radius 1 is 1.17 bits per heavy atom. The standard InChI is InChI=1S/C11H22N/c1-3-5-9-12(8-4-2)10-6-7-11-12/h5,9H,3-4,6-8,10-11H2,1-2H3/q+1. The van der Waals surface area contributed by atoms with Gasteiger partial charge < -0.3 is 0 Å². The minimum atomic E-state index is 1.18. The van der Waals surface area contributed by atoms with Crippen molar-refractivity contribution in [3.8, 4) is 0 Å². The molecule has 0 N–H and O–H groups in total. The fourth-order valence-electron chi connectivity index (χ4n) is 2.19. The van der Waals surface area contributed by atoms with Crippen LogP contribution in [0.4, 0.5) is 0 Å². The summed E-state index contributed by atoms with van der Waals surface area (Å²) in [5, 5.41) is 0. The first-order chi connectivity index (χ1) is 5.83. The smallest absolute Gasteiger partial charge is 0.0918 e. The van der Waals surface area contributed by atoms with Gasteiger partial charge in [-0.2, -0.15) is 0 Å². The van der Waals surface area contributed by atoms with E-state index in [1.165, 1.54) is 49.8 Å². The van der Waals surface area contributed by atoms with E-state index >= 15 is 0 Å². The fraction of sp³-hybridized carbons (Fsp3) is 0.818. The van der Waals surface area contributed by atoms with E-state index in [9.17, 15) is 0 Å². The average Bonchev–Trinajstić information content (AvgIpc) is 2.51. The third-order valence-corrected chi connectivity index (χ3v) is 2.78. The zero-order valence-corrected chi connectivity index (χ0v) is 8.55. The lowest BCUT2D eigenvalue weighted by Gasteiger charge is -2.29. The van der Waals surface area contributed by atoms with Crippen LogP contribution in [0.5, 0.6) is 0 Å². The van der Waals surface area contributed by atoms with E-state index in [1.54, 1.807) is 0 Å². The minimum absolute atomic E-state index is 1.18. The van der Waals surface area contributed by atoms with Gasteiger partial charge in [0, 0.05) is 12.8 Å². The zero-order chi connectivity index (χ0) is 8.86. The highest BCUT2D eigenvalue weighted by atomic mass is 15.3. The van der Waals surface area contributed by atoms with Gasteiger partial charge in [-0.1, -0.05) is 13.8 Å². The Kier molecular flexibility index (Phi) is 3.80. The lowest BCUT2D eigenvalue weighted by molar-refractivity contribution is -0.867. The van der Waals surface area contributed by atoms with Crippen LogP contribution in [0.15, 0.2) is 12.3 Å². The monoisotopic (exact) mass is 168 g/mol. The van der Waals surface area contributed by atoms with Crippen molar-refractivity contribution in [3.63, 3.8) is 0 Å². The van der Waals surface area contributed by atoms with Gasteiger partial charge in [0.15, 0.2) is 0 Å². The third kappa shape index (κ3) is 2.34. The predicted molar refractivity (Wildman–Crippen MR) is 53.8 cm³/mol. The Balaban J connectivity index is 2.52. The van der Waals surface area contributed by atoms with Crippen molar-refractivity contribution in [3.05, 3.63) is 12.3 Å². The van der Waals surface area contributed by atoms with Crippen LogP contribution in [0, 0.1) is 0 Å². The van der Waals surface area contributed by atoms with Crippen molar-refractivity contribution in [1.82, 2.24) is 0 Å². The summed E-state index contributed by atoms with van der Waals surface area (Å²) in [6, 6.07) is 0. The van der Waals surface area contributed by atoms with Crippen LogP contribution in [0.25, 0.3) is 0 Å². The second-order valence-electron chi connectivity index (χ2n) is 3.89. The predicted octanol–water partition coefficient (Wildman–Crippen LogP) is 2.93.